The summed E-state index contributed by atoms with van der Waals surface area (Å²) >= 11 is 0. The SMILES string of the molecule is CCCOc1cc(NC)nc(C2CCCO2)n1. The molecule has 1 N–H and O–H groups in total. The molecular weight excluding hydrogens is 218 g/mol. The van der Waals surface area contributed by atoms with Crippen molar-refractivity contribution in [2.75, 3.05) is 25.6 Å². The van der Waals surface area contributed by atoms with Crippen LogP contribution in [-0.4, -0.2) is 30.2 Å². The Kier molecular flexibility index (Phi) is 4.14. The predicted octanol–water partition coefficient (Wildman–Crippen LogP) is 2.16. The van der Waals surface area contributed by atoms with Crippen molar-refractivity contribution < 1.29 is 9.47 Å². The standard InChI is InChI=1S/C12H19N3O2/c1-3-6-17-11-8-10(13-2)14-12(15-11)9-5-4-7-16-9/h8-9H,3-7H2,1-2H3,(H,13,14,15). The summed E-state index contributed by atoms with van der Waals surface area (Å²) in [7, 11) is 1.84. The van der Waals surface area contributed by atoms with E-state index < -0.39 is 0 Å². The number of rotatable bonds is 5. The van der Waals surface area contributed by atoms with Gasteiger partial charge in [0.2, 0.25) is 5.88 Å². The van der Waals surface area contributed by atoms with Gasteiger partial charge in [0, 0.05) is 19.7 Å². The third-order valence-corrected chi connectivity index (χ3v) is 2.65. The van der Waals surface area contributed by atoms with E-state index in [4.69, 9.17) is 9.47 Å². The molecule has 0 radical (unpaired) electrons. The Bertz CT molecular complexity index is 365. The first-order valence-electron chi connectivity index (χ1n) is 6.14. The van der Waals surface area contributed by atoms with Crippen molar-refractivity contribution in [2.24, 2.45) is 0 Å². The highest BCUT2D eigenvalue weighted by molar-refractivity contribution is 5.38. The van der Waals surface area contributed by atoms with Gasteiger partial charge in [-0.2, -0.15) is 4.98 Å². The third-order valence-electron chi connectivity index (χ3n) is 2.65. The van der Waals surface area contributed by atoms with Gasteiger partial charge in [0.25, 0.3) is 0 Å². The number of anilines is 1. The Hall–Kier alpha value is -1.36. The molecule has 0 aliphatic carbocycles. The van der Waals surface area contributed by atoms with Gasteiger partial charge in [-0.25, -0.2) is 4.98 Å². The summed E-state index contributed by atoms with van der Waals surface area (Å²) in [5.41, 5.74) is 0. The molecule has 1 unspecified atom stereocenters. The Morgan fingerprint density at radius 3 is 3.06 bits per heavy atom. The summed E-state index contributed by atoms with van der Waals surface area (Å²) < 4.78 is 11.1. The molecule has 0 bridgehead atoms. The summed E-state index contributed by atoms with van der Waals surface area (Å²) in [6.45, 7) is 3.54. The minimum atomic E-state index is 0.0206. The van der Waals surface area contributed by atoms with Crippen LogP contribution in [0.4, 0.5) is 5.82 Å². The fraction of sp³-hybridized carbons (Fsp3) is 0.667. The first kappa shape index (κ1) is 12.1. The van der Waals surface area contributed by atoms with E-state index >= 15 is 0 Å². The molecule has 2 heterocycles. The molecule has 94 valence electrons. The molecule has 1 aliphatic rings. The Morgan fingerprint density at radius 1 is 1.53 bits per heavy atom. The summed E-state index contributed by atoms with van der Waals surface area (Å²) in [6, 6.07) is 1.81. The summed E-state index contributed by atoms with van der Waals surface area (Å²) in [4.78, 5) is 8.82. The van der Waals surface area contributed by atoms with Crippen molar-refractivity contribution in [3.8, 4) is 5.88 Å². The smallest absolute Gasteiger partial charge is 0.218 e. The summed E-state index contributed by atoms with van der Waals surface area (Å²) in [5.74, 6) is 2.12. The zero-order valence-corrected chi connectivity index (χ0v) is 10.4. The number of hydrogen-bond acceptors (Lipinski definition) is 5. The lowest BCUT2D eigenvalue weighted by atomic mass is 10.2. The van der Waals surface area contributed by atoms with Crippen LogP contribution < -0.4 is 10.1 Å². The van der Waals surface area contributed by atoms with Crippen LogP contribution in [0.25, 0.3) is 0 Å². The van der Waals surface area contributed by atoms with Crippen molar-refractivity contribution in [1.29, 1.82) is 0 Å². The highest BCUT2D eigenvalue weighted by Crippen LogP contribution is 2.28. The maximum absolute atomic E-state index is 5.59. The molecule has 0 saturated carbocycles. The first-order valence-corrected chi connectivity index (χ1v) is 6.14. The highest BCUT2D eigenvalue weighted by Gasteiger charge is 2.21. The second kappa shape index (κ2) is 5.82. The number of aromatic nitrogens is 2. The zero-order chi connectivity index (χ0) is 12.1. The van der Waals surface area contributed by atoms with Gasteiger partial charge >= 0.3 is 0 Å². The molecule has 1 saturated heterocycles. The lowest BCUT2D eigenvalue weighted by Crippen LogP contribution is -2.08. The third kappa shape index (κ3) is 3.06. The van der Waals surface area contributed by atoms with E-state index in [1.165, 1.54) is 0 Å². The molecule has 1 atom stereocenters. The normalized spacial score (nSPS) is 19.3. The second-order valence-electron chi connectivity index (χ2n) is 4.05. The van der Waals surface area contributed by atoms with Gasteiger partial charge in [-0.1, -0.05) is 6.92 Å². The van der Waals surface area contributed by atoms with Gasteiger partial charge in [0.1, 0.15) is 11.9 Å². The van der Waals surface area contributed by atoms with Gasteiger partial charge in [-0.05, 0) is 19.3 Å². The molecule has 0 spiro atoms. The Balaban J connectivity index is 2.18. The average Bonchev–Trinajstić information content (AvgIpc) is 2.89. The molecule has 17 heavy (non-hydrogen) atoms. The summed E-state index contributed by atoms with van der Waals surface area (Å²) in [5, 5.41) is 3.02. The van der Waals surface area contributed by atoms with Crippen LogP contribution in [0, 0.1) is 0 Å². The lowest BCUT2D eigenvalue weighted by molar-refractivity contribution is 0.104. The van der Waals surface area contributed by atoms with E-state index in [1.54, 1.807) is 0 Å². The number of hydrogen-bond donors (Lipinski definition) is 1. The number of ether oxygens (including phenoxy) is 2. The maximum atomic E-state index is 5.59. The molecule has 1 aromatic rings. The van der Waals surface area contributed by atoms with E-state index in [1.807, 2.05) is 13.1 Å². The van der Waals surface area contributed by atoms with Crippen LogP contribution in [0.2, 0.25) is 0 Å². The van der Waals surface area contributed by atoms with Gasteiger partial charge < -0.3 is 14.8 Å². The Labute approximate surface area is 102 Å². The molecule has 5 heteroatoms. The predicted molar refractivity (Wildman–Crippen MR) is 65.3 cm³/mol. The fourth-order valence-corrected chi connectivity index (χ4v) is 1.78. The van der Waals surface area contributed by atoms with Crippen molar-refractivity contribution in [3.63, 3.8) is 0 Å². The number of nitrogens with zero attached hydrogens (tertiary/aromatic N) is 2. The van der Waals surface area contributed by atoms with Crippen molar-refractivity contribution in [1.82, 2.24) is 9.97 Å². The molecule has 1 aromatic heterocycles. The van der Waals surface area contributed by atoms with Crippen LogP contribution in [-0.2, 0) is 4.74 Å². The van der Waals surface area contributed by atoms with E-state index in [0.717, 1.165) is 37.5 Å². The second-order valence-corrected chi connectivity index (χ2v) is 4.05. The number of nitrogens with one attached hydrogen (secondary N) is 1. The largest absolute Gasteiger partial charge is 0.478 e. The first-order chi connectivity index (χ1) is 8.33. The minimum absolute atomic E-state index is 0.0206. The molecule has 0 aromatic carbocycles. The van der Waals surface area contributed by atoms with Gasteiger partial charge in [-0.3, -0.25) is 0 Å². The van der Waals surface area contributed by atoms with Gasteiger partial charge in [0.15, 0.2) is 5.82 Å². The summed E-state index contributed by atoms with van der Waals surface area (Å²) in [6.07, 6.45) is 3.05. The van der Waals surface area contributed by atoms with Gasteiger partial charge in [-0.15, -0.1) is 0 Å². The quantitative estimate of drug-likeness (QED) is 0.850. The maximum Gasteiger partial charge on any atom is 0.218 e. The molecule has 0 amide bonds. The zero-order valence-electron chi connectivity index (χ0n) is 10.4. The monoisotopic (exact) mass is 237 g/mol. The van der Waals surface area contributed by atoms with Crippen LogP contribution in [0.15, 0.2) is 6.07 Å². The van der Waals surface area contributed by atoms with E-state index in [-0.39, 0.29) is 6.10 Å². The minimum Gasteiger partial charge on any atom is -0.478 e. The van der Waals surface area contributed by atoms with E-state index in [9.17, 15) is 0 Å². The average molecular weight is 237 g/mol. The molecule has 1 aliphatic heterocycles. The lowest BCUT2D eigenvalue weighted by Gasteiger charge is -2.12. The topological polar surface area (TPSA) is 56.3 Å². The van der Waals surface area contributed by atoms with E-state index in [0.29, 0.717) is 12.5 Å². The van der Waals surface area contributed by atoms with Crippen LogP contribution in [0.1, 0.15) is 38.1 Å². The molecule has 1 fully saturated rings. The van der Waals surface area contributed by atoms with Crippen molar-refractivity contribution >= 4 is 5.82 Å². The van der Waals surface area contributed by atoms with E-state index in [2.05, 4.69) is 22.2 Å². The Morgan fingerprint density at radius 2 is 2.41 bits per heavy atom. The van der Waals surface area contributed by atoms with Crippen molar-refractivity contribution in [3.05, 3.63) is 11.9 Å². The highest BCUT2D eigenvalue weighted by atomic mass is 16.5. The molecule has 5 nitrogen and oxygen atoms in total. The van der Waals surface area contributed by atoms with Crippen LogP contribution in [0.3, 0.4) is 0 Å². The van der Waals surface area contributed by atoms with Gasteiger partial charge in [0.05, 0.1) is 6.61 Å². The molecular formula is C12H19N3O2. The van der Waals surface area contributed by atoms with Crippen LogP contribution >= 0.6 is 0 Å². The molecule has 2 rings (SSSR count). The van der Waals surface area contributed by atoms with Crippen molar-refractivity contribution in [2.45, 2.75) is 32.3 Å². The van der Waals surface area contributed by atoms with Crippen LogP contribution in [0.5, 0.6) is 5.88 Å². The fourth-order valence-electron chi connectivity index (χ4n) is 1.78.